The first kappa shape index (κ1) is 16.5. The lowest BCUT2D eigenvalue weighted by Gasteiger charge is -2.09. The van der Waals surface area contributed by atoms with Crippen molar-refractivity contribution in [1.82, 2.24) is 14.7 Å². The van der Waals surface area contributed by atoms with Crippen molar-refractivity contribution in [3.05, 3.63) is 54.6 Å². The number of rotatable bonds is 5. The highest BCUT2D eigenvalue weighted by Crippen LogP contribution is 2.27. The van der Waals surface area contributed by atoms with E-state index >= 15 is 0 Å². The molecule has 3 nitrogen and oxygen atoms in total. The normalized spacial score (nSPS) is 10.9. The van der Waals surface area contributed by atoms with Gasteiger partial charge in [0.05, 0.1) is 5.52 Å². The molecule has 0 N–H and O–H groups in total. The largest absolute Gasteiger partial charge is 0.309 e. The Labute approximate surface area is 138 Å². The molecule has 22 heavy (non-hydrogen) atoms. The fraction of sp³-hybridized carbons (Fsp3) is 0.278. The van der Waals surface area contributed by atoms with Crippen LogP contribution in [0.4, 0.5) is 0 Å². The van der Waals surface area contributed by atoms with Crippen LogP contribution in [0.25, 0.3) is 22.2 Å². The van der Waals surface area contributed by atoms with Gasteiger partial charge in [0.1, 0.15) is 5.69 Å². The molecule has 2 aromatic carbocycles. The number of halogens is 1. The molecule has 0 radical (unpaired) electrons. The fourth-order valence-electron chi connectivity index (χ4n) is 2.64. The summed E-state index contributed by atoms with van der Waals surface area (Å²) in [5, 5.41) is 6.08. The third-order valence-electron chi connectivity index (χ3n) is 3.68. The Kier molecular flexibility index (Phi) is 5.58. The van der Waals surface area contributed by atoms with Gasteiger partial charge in [-0.15, -0.1) is 12.4 Å². The quantitative estimate of drug-likeness (QED) is 0.707. The second-order valence-electron chi connectivity index (χ2n) is 5.61. The van der Waals surface area contributed by atoms with E-state index in [2.05, 4.69) is 72.2 Å². The summed E-state index contributed by atoms with van der Waals surface area (Å²) in [7, 11) is 4.22. The minimum absolute atomic E-state index is 0. The molecule has 3 rings (SSSR count). The van der Waals surface area contributed by atoms with Crippen molar-refractivity contribution in [2.75, 3.05) is 20.6 Å². The van der Waals surface area contributed by atoms with Gasteiger partial charge < -0.3 is 4.90 Å². The summed E-state index contributed by atoms with van der Waals surface area (Å²) in [6.45, 7) is 2.03. The number of aromatic nitrogens is 2. The highest BCUT2D eigenvalue weighted by molar-refractivity contribution is 5.93. The van der Waals surface area contributed by atoms with E-state index in [0.29, 0.717) is 0 Å². The van der Waals surface area contributed by atoms with Gasteiger partial charge in [-0.3, -0.25) is 4.68 Å². The summed E-state index contributed by atoms with van der Waals surface area (Å²) in [4.78, 5) is 2.21. The highest BCUT2D eigenvalue weighted by Gasteiger charge is 2.11. The Morgan fingerprint density at radius 2 is 1.64 bits per heavy atom. The maximum absolute atomic E-state index is 4.85. The van der Waals surface area contributed by atoms with Crippen LogP contribution in [0, 0.1) is 0 Å². The van der Waals surface area contributed by atoms with Crippen molar-refractivity contribution in [2.45, 2.75) is 13.0 Å². The molecule has 1 aromatic heterocycles. The molecule has 116 valence electrons. The Bertz CT molecular complexity index is 720. The van der Waals surface area contributed by atoms with Crippen LogP contribution in [0.2, 0.25) is 0 Å². The summed E-state index contributed by atoms with van der Waals surface area (Å²) in [5.74, 6) is 0. The highest BCUT2D eigenvalue weighted by atomic mass is 35.5. The van der Waals surface area contributed by atoms with Gasteiger partial charge >= 0.3 is 0 Å². The van der Waals surface area contributed by atoms with Gasteiger partial charge in [0.25, 0.3) is 0 Å². The Morgan fingerprint density at radius 3 is 2.36 bits per heavy atom. The zero-order valence-corrected chi connectivity index (χ0v) is 13.9. The minimum Gasteiger partial charge on any atom is -0.309 e. The molecule has 0 spiro atoms. The van der Waals surface area contributed by atoms with E-state index in [1.165, 1.54) is 16.5 Å². The van der Waals surface area contributed by atoms with Gasteiger partial charge in [-0.1, -0.05) is 48.5 Å². The molecule has 1 heterocycles. The first-order valence-electron chi connectivity index (χ1n) is 7.41. The van der Waals surface area contributed by atoms with E-state index in [1.54, 1.807) is 0 Å². The van der Waals surface area contributed by atoms with Gasteiger partial charge in [0.15, 0.2) is 0 Å². The predicted octanol–water partition coefficient (Wildman–Crippen LogP) is 4.08. The van der Waals surface area contributed by atoms with Crippen molar-refractivity contribution in [1.29, 1.82) is 0 Å². The number of hydrogen-bond donors (Lipinski definition) is 0. The maximum atomic E-state index is 4.85. The van der Waals surface area contributed by atoms with Crippen LogP contribution in [0.3, 0.4) is 0 Å². The molecule has 0 aliphatic carbocycles. The molecule has 0 aliphatic rings. The topological polar surface area (TPSA) is 21.1 Å². The van der Waals surface area contributed by atoms with E-state index in [1.807, 2.05) is 6.07 Å². The molecular weight excluding hydrogens is 294 g/mol. The van der Waals surface area contributed by atoms with Crippen molar-refractivity contribution < 1.29 is 0 Å². The second-order valence-corrected chi connectivity index (χ2v) is 5.61. The number of benzene rings is 2. The van der Waals surface area contributed by atoms with E-state index in [4.69, 9.17) is 5.10 Å². The van der Waals surface area contributed by atoms with Crippen LogP contribution in [0.1, 0.15) is 6.42 Å². The molecule has 0 saturated heterocycles. The van der Waals surface area contributed by atoms with Crippen LogP contribution in [0.15, 0.2) is 54.6 Å². The van der Waals surface area contributed by atoms with Crippen LogP contribution < -0.4 is 0 Å². The molecule has 0 aliphatic heterocycles. The first-order chi connectivity index (χ1) is 10.3. The molecule has 0 unspecified atom stereocenters. The van der Waals surface area contributed by atoms with Gasteiger partial charge in [-0.25, -0.2) is 0 Å². The number of aryl methyl sites for hydroxylation is 1. The monoisotopic (exact) mass is 315 g/mol. The zero-order valence-electron chi connectivity index (χ0n) is 13.1. The van der Waals surface area contributed by atoms with Gasteiger partial charge in [0, 0.05) is 17.5 Å². The van der Waals surface area contributed by atoms with Crippen molar-refractivity contribution in [3.8, 4) is 11.3 Å². The van der Waals surface area contributed by atoms with Crippen LogP contribution >= 0.6 is 12.4 Å². The smallest absolute Gasteiger partial charge is 0.100 e. The Balaban J connectivity index is 0.00000176. The maximum Gasteiger partial charge on any atom is 0.100 e. The lowest BCUT2D eigenvalue weighted by atomic mass is 10.1. The number of para-hydroxylation sites is 1. The van der Waals surface area contributed by atoms with Crippen molar-refractivity contribution in [3.63, 3.8) is 0 Å². The fourth-order valence-corrected chi connectivity index (χ4v) is 2.64. The standard InChI is InChI=1S/C18H21N3.ClH/c1-20(2)13-8-14-21-17-12-7-6-11-16(17)18(19-21)15-9-4-3-5-10-15;/h3-7,9-12H,8,13-14H2,1-2H3;1H. The van der Waals surface area contributed by atoms with Crippen LogP contribution in [-0.2, 0) is 6.54 Å². The van der Waals surface area contributed by atoms with Crippen molar-refractivity contribution in [2.24, 2.45) is 0 Å². The summed E-state index contributed by atoms with van der Waals surface area (Å²) in [5.41, 5.74) is 3.48. The van der Waals surface area contributed by atoms with Gasteiger partial charge in [0.2, 0.25) is 0 Å². The van der Waals surface area contributed by atoms with E-state index < -0.39 is 0 Å². The predicted molar refractivity (Wildman–Crippen MR) is 95.6 cm³/mol. The molecule has 0 atom stereocenters. The lowest BCUT2D eigenvalue weighted by molar-refractivity contribution is 0.383. The minimum atomic E-state index is 0. The van der Waals surface area contributed by atoms with Crippen LogP contribution in [-0.4, -0.2) is 35.3 Å². The average molecular weight is 316 g/mol. The Morgan fingerprint density at radius 1 is 0.955 bits per heavy atom. The lowest BCUT2D eigenvalue weighted by Crippen LogP contribution is -2.15. The molecule has 0 bridgehead atoms. The van der Waals surface area contributed by atoms with Crippen LogP contribution in [0.5, 0.6) is 0 Å². The summed E-state index contributed by atoms with van der Waals surface area (Å²) in [6.07, 6.45) is 1.10. The number of nitrogens with zero attached hydrogens (tertiary/aromatic N) is 3. The summed E-state index contributed by atoms with van der Waals surface area (Å²) in [6, 6.07) is 18.9. The molecule has 3 aromatic rings. The molecular formula is C18H22ClN3. The third-order valence-corrected chi connectivity index (χ3v) is 3.68. The first-order valence-corrected chi connectivity index (χ1v) is 7.41. The average Bonchev–Trinajstić information content (AvgIpc) is 2.87. The second kappa shape index (κ2) is 7.43. The SMILES string of the molecule is CN(C)CCCn1nc(-c2ccccc2)c2ccccc21.Cl. The van der Waals surface area contributed by atoms with E-state index in [9.17, 15) is 0 Å². The molecule has 0 amide bonds. The molecule has 0 fully saturated rings. The Hall–Kier alpha value is -1.84. The van der Waals surface area contributed by atoms with E-state index in [0.717, 1.165) is 25.2 Å². The van der Waals surface area contributed by atoms with E-state index in [-0.39, 0.29) is 12.4 Å². The van der Waals surface area contributed by atoms with Crippen molar-refractivity contribution >= 4 is 23.3 Å². The number of fused-ring (bicyclic) bond motifs is 1. The summed E-state index contributed by atoms with van der Waals surface area (Å²) >= 11 is 0. The third kappa shape index (κ3) is 3.49. The molecule has 4 heteroatoms. The summed E-state index contributed by atoms with van der Waals surface area (Å²) < 4.78 is 2.14. The number of hydrogen-bond acceptors (Lipinski definition) is 2. The molecule has 0 saturated carbocycles. The van der Waals surface area contributed by atoms with Gasteiger partial charge in [-0.05, 0) is 33.1 Å². The zero-order chi connectivity index (χ0) is 14.7. The van der Waals surface area contributed by atoms with Gasteiger partial charge in [-0.2, -0.15) is 5.10 Å².